The zero-order chi connectivity index (χ0) is 29.2. The van der Waals surface area contributed by atoms with E-state index in [-0.39, 0.29) is 60.7 Å². The van der Waals surface area contributed by atoms with Crippen molar-refractivity contribution in [2.45, 2.75) is 61.9 Å². The molecule has 2 heterocycles. The quantitative estimate of drug-likeness (QED) is 0.394. The number of alkyl halides is 2. The van der Waals surface area contributed by atoms with E-state index in [1.54, 1.807) is 24.3 Å². The lowest BCUT2D eigenvalue weighted by molar-refractivity contribution is -0.132. The molecule has 12 heteroatoms. The molecule has 1 unspecified atom stereocenters. The highest BCUT2D eigenvalue weighted by molar-refractivity contribution is 6.32. The number of hydrogen-bond acceptors (Lipinski definition) is 5. The predicted octanol–water partition coefficient (Wildman–Crippen LogP) is 5.25. The summed E-state index contributed by atoms with van der Waals surface area (Å²) < 4.78 is 41.8. The molecule has 1 aromatic heterocycles. The Morgan fingerprint density at radius 3 is 2.39 bits per heavy atom. The molecule has 3 aromatic rings. The molecule has 1 saturated heterocycles. The highest BCUT2D eigenvalue weighted by Gasteiger charge is 2.61. The van der Waals surface area contributed by atoms with Gasteiger partial charge in [0, 0.05) is 48.4 Å². The van der Waals surface area contributed by atoms with Crippen LogP contribution in [0.2, 0.25) is 5.02 Å². The minimum atomic E-state index is -2.81. The van der Waals surface area contributed by atoms with Gasteiger partial charge in [0.15, 0.2) is 0 Å². The van der Waals surface area contributed by atoms with Crippen LogP contribution in [0.15, 0.2) is 67.0 Å². The van der Waals surface area contributed by atoms with Gasteiger partial charge in [-0.25, -0.2) is 23.1 Å². The number of nitrogens with zero attached hydrogens (tertiary/aromatic N) is 3. The van der Waals surface area contributed by atoms with Crippen LogP contribution in [0.1, 0.15) is 50.0 Å². The Morgan fingerprint density at radius 2 is 1.71 bits per heavy atom. The van der Waals surface area contributed by atoms with E-state index in [1.165, 1.54) is 36.7 Å². The van der Waals surface area contributed by atoms with Gasteiger partial charge in [-0.05, 0) is 55.2 Å². The molecule has 0 spiro atoms. The van der Waals surface area contributed by atoms with E-state index < -0.39 is 47.0 Å². The number of nitrogens with one attached hydrogen (secondary N) is 2. The molecular weight excluding hydrogens is 559 g/mol. The molecule has 3 amide bonds. The zero-order valence-electron chi connectivity index (χ0n) is 21.8. The van der Waals surface area contributed by atoms with E-state index in [0.717, 1.165) is 11.0 Å². The van der Waals surface area contributed by atoms with Crippen LogP contribution in [0.5, 0.6) is 0 Å². The Hall–Kier alpha value is -3.99. The van der Waals surface area contributed by atoms with Crippen molar-refractivity contribution in [3.63, 3.8) is 0 Å². The first-order valence-electron chi connectivity index (χ1n) is 13.2. The van der Waals surface area contributed by atoms with Gasteiger partial charge in [0.25, 0.3) is 5.91 Å². The van der Waals surface area contributed by atoms with Crippen LogP contribution < -0.4 is 15.5 Å². The summed E-state index contributed by atoms with van der Waals surface area (Å²) >= 11 is 6.60. The Labute approximate surface area is 239 Å². The number of anilines is 2. The van der Waals surface area contributed by atoms with Crippen molar-refractivity contribution >= 4 is 41.0 Å². The van der Waals surface area contributed by atoms with E-state index in [2.05, 4.69) is 20.6 Å². The molecule has 2 atom stereocenters. The highest BCUT2D eigenvalue weighted by atomic mass is 35.5. The molecule has 1 aliphatic carbocycles. The third-order valence-corrected chi connectivity index (χ3v) is 7.96. The second kappa shape index (κ2) is 11.5. The Bertz CT molecular complexity index is 1450. The van der Waals surface area contributed by atoms with Crippen molar-refractivity contribution in [3.8, 4) is 0 Å². The van der Waals surface area contributed by atoms with Gasteiger partial charge >= 0.3 is 0 Å². The maximum Gasteiger partial charge on any atom is 0.252 e. The largest absolute Gasteiger partial charge is 0.353 e. The van der Waals surface area contributed by atoms with Crippen LogP contribution in [-0.2, 0) is 14.4 Å². The standard InChI is InChI=1S/C29H27ClF3N5O3/c30-22-8-2-1-7-21(22)24(25(40)36-19-9-12-28(32,33)13-10-19)29(26(41)37-20-6-3-5-18(31)17-20)14-11-23(39)38(29)27-34-15-4-16-35-27/h1-8,15-17,19,24H,9-14H2,(H,36,40)(H,37,41)/t24-,29?/m0/s1. The predicted molar refractivity (Wildman–Crippen MR) is 146 cm³/mol. The van der Waals surface area contributed by atoms with Gasteiger partial charge in [0.1, 0.15) is 11.4 Å². The Kier molecular flexibility index (Phi) is 7.99. The first-order chi connectivity index (χ1) is 19.6. The SMILES string of the molecule is O=C(NC1CCC(F)(F)CC1)[C@H](c1ccccc1Cl)C1(C(=O)Nc2cccc(F)c2)CCC(=O)N1c1ncccn1. The smallest absolute Gasteiger partial charge is 0.252 e. The lowest BCUT2D eigenvalue weighted by Crippen LogP contribution is -2.62. The van der Waals surface area contributed by atoms with Gasteiger partial charge in [-0.1, -0.05) is 35.9 Å². The molecule has 1 saturated carbocycles. The molecule has 2 fully saturated rings. The van der Waals surface area contributed by atoms with Crippen LogP contribution in [0.3, 0.4) is 0 Å². The van der Waals surface area contributed by atoms with Crippen molar-refractivity contribution in [1.82, 2.24) is 15.3 Å². The number of aromatic nitrogens is 2. The van der Waals surface area contributed by atoms with E-state index >= 15 is 0 Å². The molecule has 5 rings (SSSR count). The minimum absolute atomic E-state index is 0.0426. The lowest BCUT2D eigenvalue weighted by Gasteiger charge is -2.42. The third kappa shape index (κ3) is 5.76. The molecule has 2 N–H and O–H groups in total. The summed E-state index contributed by atoms with van der Waals surface area (Å²) in [7, 11) is 0. The second-order valence-corrected chi connectivity index (χ2v) is 10.7. The van der Waals surface area contributed by atoms with Gasteiger partial charge in [-0.3, -0.25) is 19.3 Å². The molecular formula is C29H27ClF3N5O3. The molecule has 0 radical (unpaired) electrons. The van der Waals surface area contributed by atoms with Crippen molar-refractivity contribution in [2.24, 2.45) is 0 Å². The number of benzene rings is 2. The zero-order valence-corrected chi connectivity index (χ0v) is 22.6. The lowest BCUT2D eigenvalue weighted by atomic mass is 9.75. The summed E-state index contributed by atoms with van der Waals surface area (Å²) in [6.45, 7) is 0. The average Bonchev–Trinajstić information content (AvgIpc) is 3.29. The second-order valence-electron chi connectivity index (χ2n) is 10.3. The number of carbonyl (C=O) groups excluding carboxylic acids is 3. The van der Waals surface area contributed by atoms with Crippen LogP contribution in [0.25, 0.3) is 0 Å². The van der Waals surface area contributed by atoms with Gasteiger partial charge < -0.3 is 10.6 Å². The van der Waals surface area contributed by atoms with Crippen molar-refractivity contribution in [1.29, 1.82) is 0 Å². The van der Waals surface area contributed by atoms with Crippen molar-refractivity contribution < 1.29 is 27.6 Å². The average molecular weight is 586 g/mol. The third-order valence-electron chi connectivity index (χ3n) is 7.62. The first kappa shape index (κ1) is 28.5. The topological polar surface area (TPSA) is 104 Å². The number of amides is 3. The maximum absolute atomic E-state index is 14.4. The van der Waals surface area contributed by atoms with Crippen LogP contribution in [-0.4, -0.2) is 45.2 Å². The maximum atomic E-state index is 14.4. The summed E-state index contributed by atoms with van der Waals surface area (Å²) in [5.41, 5.74) is -1.59. The van der Waals surface area contributed by atoms with E-state index in [9.17, 15) is 27.6 Å². The number of halogens is 4. The summed E-state index contributed by atoms with van der Waals surface area (Å²) in [6.07, 6.45) is 1.86. The normalized spacial score (nSPS) is 21.4. The van der Waals surface area contributed by atoms with Crippen LogP contribution in [0.4, 0.5) is 24.8 Å². The highest BCUT2D eigenvalue weighted by Crippen LogP contribution is 2.47. The Morgan fingerprint density at radius 1 is 1.00 bits per heavy atom. The van der Waals surface area contributed by atoms with Gasteiger partial charge in [-0.2, -0.15) is 0 Å². The summed E-state index contributed by atoms with van der Waals surface area (Å²) in [5.74, 6) is -6.87. The molecule has 0 bridgehead atoms. The molecule has 214 valence electrons. The van der Waals surface area contributed by atoms with Crippen molar-refractivity contribution in [2.75, 3.05) is 10.2 Å². The van der Waals surface area contributed by atoms with E-state index in [4.69, 9.17) is 11.6 Å². The number of carbonyl (C=O) groups is 3. The van der Waals surface area contributed by atoms with Crippen LogP contribution in [0, 0.1) is 5.82 Å². The molecule has 2 aliphatic rings. The van der Waals surface area contributed by atoms with E-state index in [0.29, 0.717) is 0 Å². The monoisotopic (exact) mass is 585 g/mol. The van der Waals surface area contributed by atoms with Crippen LogP contribution >= 0.6 is 11.6 Å². The fraction of sp³-hybridized carbons (Fsp3) is 0.345. The summed E-state index contributed by atoms with van der Waals surface area (Å²) in [6, 6.07) is 12.6. The van der Waals surface area contributed by atoms with Gasteiger partial charge in [0.2, 0.25) is 23.7 Å². The molecule has 2 aromatic carbocycles. The summed E-state index contributed by atoms with van der Waals surface area (Å²) in [4.78, 5) is 51.6. The minimum Gasteiger partial charge on any atom is -0.353 e. The molecule has 8 nitrogen and oxygen atoms in total. The molecule has 41 heavy (non-hydrogen) atoms. The van der Waals surface area contributed by atoms with Crippen molar-refractivity contribution in [3.05, 3.63) is 83.4 Å². The molecule has 1 aliphatic heterocycles. The summed E-state index contributed by atoms with van der Waals surface area (Å²) in [5, 5.41) is 5.68. The number of rotatable bonds is 7. The fourth-order valence-electron chi connectivity index (χ4n) is 5.66. The fourth-order valence-corrected chi connectivity index (χ4v) is 5.90. The number of hydrogen-bond donors (Lipinski definition) is 2. The van der Waals surface area contributed by atoms with E-state index in [1.807, 2.05) is 0 Å². The Balaban J connectivity index is 1.64. The van der Waals surface area contributed by atoms with Gasteiger partial charge in [-0.15, -0.1) is 0 Å². The first-order valence-corrected chi connectivity index (χ1v) is 13.6. The van der Waals surface area contributed by atoms with Gasteiger partial charge in [0.05, 0.1) is 5.92 Å².